The standard InChI is InChI=1S/C31H45F4OP/c1-2-3-18-36-27-15-12-23(13-16-27)26-14-17-28(30(37)19-26)24-8-4-21(5-9-24)22-6-10-25(11-7-22)29(32)20-31(33,34)35/h14,17,19-25,27H,2-13,15-16,18,37H2,1H3/b29-20-. The lowest BCUT2D eigenvalue weighted by molar-refractivity contribution is -0.0821. The molecule has 208 valence electrons. The van der Waals surface area contributed by atoms with Gasteiger partial charge in [0.1, 0.15) is 5.83 Å². The zero-order valence-electron chi connectivity index (χ0n) is 22.4. The van der Waals surface area contributed by atoms with E-state index in [4.69, 9.17) is 4.74 Å². The van der Waals surface area contributed by atoms with Crippen LogP contribution in [0.2, 0.25) is 0 Å². The van der Waals surface area contributed by atoms with Crippen molar-refractivity contribution < 1.29 is 22.3 Å². The summed E-state index contributed by atoms with van der Waals surface area (Å²) in [6, 6.07) is 7.13. The maximum absolute atomic E-state index is 14.0. The van der Waals surface area contributed by atoms with Gasteiger partial charge in [0.2, 0.25) is 0 Å². The molecule has 1 nitrogen and oxygen atoms in total. The van der Waals surface area contributed by atoms with E-state index in [0.717, 1.165) is 25.9 Å². The zero-order chi connectivity index (χ0) is 26.4. The van der Waals surface area contributed by atoms with Crippen LogP contribution in [0.3, 0.4) is 0 Å². The van der Waals surface area contributed by atoms with Crippen LogP contribution in [0.5, 0.6) is 0 Å². The lowest BCUT2D eigenvalue weighted by Crippen LogP contribution is -2.26. The summed E-state index contributed by atoms with van der Waals surface area (Å²) in [5, 5.41) is 1.34. The minimum Gasteiger partial charge on any atom is -0.378 e. The first kappa shape index (κ1) is 29.1. The highest BCUT2D eigenvalue weighted by Gasteiger charge is 2.34. The van der Waals surface area contributed by atoms with Crippen LogP contribution in [0.25, 0.3) is 0 Å². The molecule has 0 bridgehead atoms. The summed E-state index contributed by atoms with van der Waals surface area (Å²) in [4.78, 5) is 0. The molecule has 3 aliphatic rings. The van der Waals surface area contributed by atoms with Crippen molar-refractivity contribution >= 4 is 14.5 Å². The Balaban J connectivity index is 1.23. The number of hydrogen-bond donors (Lipinski definition) is 0. The van der Waals surface area contributed by atoms with E-state index in [1.165, 1.54) is 74.2 Å². The van der Waals surface area contributed by atoms with Gasteiger partial charge < -0.3 is 4.74 Å². The molecule has 1 aromatic carbocycles. The number of halogens is 4. The highest BCUT2D eigenvalue weighted by molar-refractivity contribution is 7.27. The van der Waals surface area contributed by atoms with Crippen molar-refractivity contribution in [1.82, 2.24) is 0 Å². The number of allylic oxidation sites excluding steroid dienone is 2. The Bertz CT molecular complexity index is 874. The first-order valence-electron chi connectivity index (χ1n) is 14.7. The molecule has 3 aliphatic carbocycles. The third-order valence-electron chi connectivity index (χ3n) is 9.45. The molecule has 0 saturated heterocycles. The van der Waals surface area contributed by atoms with Crippen LogP contribution < -0.4 is 5.30 Å². The van der Waals surface area contributed by atoms with Gasteiger partial charge in [-0.1, -0.05) is 31.5 Å². The van der Waals surface area contributed by atoms with Crippen molar-refractivity contribution in [3.05, 3.63) is 41.2 Å². The average molecular weight is 541 g/mol. The average Bonchev–Trinajstić information content (AvgIpc) is 2.88. The lowest BCUT2D eigenvalue weighted by atomic mass is 9.68. The molecule has 1 unspecified atom stereocenters. The van der Waals surface area contributed by atoms with Gasteiger partial charge in [-0.25, -0.2) is 4.39 Å². The molecule has 3 saturated carbocycles. The maximum Gasteiger partial charge on any atom is 0.412 e. The highest BCUT2D eigenvalue weighted by atomic mass is 31.0. The Morgan fingerprint density at radius 1 is 0.892 bits per heavy atom. The van der Waals surface area contributed by atoms with Crippen molar-refractivity contribution in [1.29, 1.82) is 0 Å². The summed E-state index contributed by atoms with van der Waals surface area (Å²) in [5.74, 6) is 0.879. The molecule has 1 aromatic rings. The van der Waals surface area contributed by atoms with E-state index in [-0.39, 0.29) is 6.08 Å². The van der Waals surface area contributed by atoms with Crippen molar-refractivity contribution in [3.8, 4) is 0 Å². The number of rotatable bonds is 8. The third-order valence-corrected chi connectivity index (χ3v) is 9.95. The minimum atomic E-state index is -4.56. The second kappa shape index (κ2) is 13.4. The van der Waals surface area contributed by atoms with Gasteiger partial charge in [-0.2, -0.15) is 13.2 Å². The molecule has 4 rings (SSSR count). The topological polar surface area (TPSA) is 9.23 Å². The fourth-order valence-corrected chi connectivity index (χ4v) is 7.74. The Labute approximate surface area is 223 Å². The summed E-state index contributed by atoms with van der Waals surface area (Å²) in [6.07, 6.45) is 10.4. The van der Waals surface area contributed by atoms with Crippen LogP contribution in [-0.4, -0.2) is 18.9 Å². The van der Waals surface area contributed by atoms with E-state index in [0.29, 0.717) is 42.6 Å². The minimum absolute atomic E-state index is 0.136. The van der Waals surface area contributed by atoms with E-state index < -0.39 is 17.9 Å². The highest BCUT2D eigenvalue weighted by Crippen LogP contribution is 2.45. The van der Waals surface area contributed by atoms with Crippen LogP contribution in [-0.2, 0) is 4.74 Å². The smallest absolute Gasteiger partial charge is 0.378 e. The van der Waals surface area contributed by atoms with Gasteiger partial charge in [-0.05, 0) is 124 Å². The summed E-state index contributed by atoms with van der Waals surface area (Å²) in [5.41, 5.74) is 2.94. The Kier molecular flexibility index (Phi) is 10.5. The number of benzene rings is 1. The van der Waals surface area contributed by atoms with Crippen molar-refractivity contribution in [2.24, 2.45) is 17.8 Å². The maximum atomic E-state index is 14.0. The summed E-state index contributed by atoms with van der Waals surface area (Å²) in [7, 11) is 2.99. The van der Waals surface area contributed by atoms with Crippen molar-refractivity contribution in [2.45, 2.75) is 121 Å². The van der Waals surface area contributed by atoms with E-state index >= 15 is 0 Å². The fraction of sp³-hybridized carbons (Fsp3) is 0.742. The summed E-state index contributed by atoms with van der Waals surface area (Å²) < 4.78 is 57.5. The molecule has 6 heteroatoms. The molecule has 37 heavy (non-hydrogen) atoms. The molecular weight excluding hydrogens is 495 g/mol. The fourth-order valence-electron chi connectivity index (χ4n) is 7.22. The van der Waals surface area contributed by atoms with Gasteiger partial charge in [0.25, 0.3) is 0 Å². The van der Waals surface area contributed by atoms with Crippen LogP contribution >= 0.6 is 9.24 Å². The monoisotopic (exact) mass is 540 g/mol. The predicted octanol–water partition coefficient (Wildman–Crippen LogP) is 9.53. The zero-order valence-corrected chi connectivity index (χ0v) is 23.5. The van der Waals surface area contributed by atoms with Crippen LogP contribution in [0, 0.1) is 17.8 Å². The second-order valence-electron chi connectivity index (χ2n) is 11.9. The molecule has 0 spiro atoms. The number of ether oxygens (including phenoxy) is 1. The third kappa shape index (κ3) is 8.28. The Morgan fingerprint density at radius 3 is 2.05 bits per heavy atom. The van der Waals surface area contributed by atoms with E-state index in [9.17, 15) is 17.6 Å². The molecule has 0 aromatic heterocycles. The van der Waals surface area contributed by atoms with Gasteiger partial charge in [0.05, 0.1) is 12.2 Å². The van der Waals surface area contributed by atoms with Crippen LogP contribution in [0.15, 0.2) is 30.1 Å². The van der Waals surface area contributed by atoms with E-state index in [2.05, 4.69) is 34.4 Å². The summed E-state index contributed by atoms with van der Waals surface area (Å²) in [6.45, 7) is 3.11. The first-order chi connectivity index (χ1) is 17.7. The SMILES string of the molecule is CCCCOC1CCC(c2ccc(C3CCC(C4CCC(/C(F)=C/C(F)(F)F)CC4)CC3)c(P)c2)CC1. The van der Waals surface area contributed by atoms with Gasteiger partial charge in [-0.15, -0.1) is 9.24 Å². The summed E-state index contributed by atoms with van der Waals surface area (Å²) >= 11 is 0. The predicted molar refractivity (Wildman–Crippen MR) is 147 cm³/mol. The van der Waals surface area contributed by atoms with Gasteiger partial charge in [0, 0.05) is 12.5 Å². The Hall–Kier alpha value is -0.930. The van der Waals surface area contributed by atoms with Crippen molar-refractivity contribution in [3.63, 3.8) is 0 Å². The molecular formula is C31H45F4OP. The second-order valence-corrected chi connectivity index (χ2v) is 12.5. The van der Waals surface area contributed by atoms with Crippen molar-refractivity contribution in [2.75, 3.05) is 6.61 Å². The molecule has 3 fully saturated rings. The van der Waals surface area contributed by atoms with Gasteiger partial charge in [0.15, 0.2) is 0 Å². The lowest BCUT2D eigenvalue weighted by Gasteiger charge is -2.38. The van der Waals surface area contributed by atoms with Gasteiger partial charge in [-0.3, -0.25) is 0 Å². The number of unbranched alkanes of at least 4 members (excludes halogenated alkanes) is 1. The molecule has 0 radical (unpaired) electrons. The number of alkyl halides is 3. The molecule has 0 N–H and O–H groups in total. The van der Waals surface area contributed by atoms with E-state index in [1.807, 2.05) is 0 Å². The van der Waals surface area contributed by atoms with Crippen LogP contribution in [0.1, 0.15) is 120 Å². The number of hydrogen-bond acceptors (Lipinski definition) is 1. The first-order valence-corrected chi connectivity index (χ1v) is 15.3. The van der Waals surface area contributed by atoms with Crippen LogP contribution in [0.4, 0.5) is 17.6 Å². The van der Waals surface area contributed by atoms with Gasteiger partial charge >= 0.3 is 6.18 Å². The normalized spacial score (nSPS) is 31.9. The molecule has 0 amide bonds. The molecule has 1 atom stereocenters. The Morgan fingerprint density at radius 2 is 1.49 bits per heavy atom. The molecule has 0 aliphatic heterocycles. The largest absolute Gasteiger partial charge is 0.412 e. The van der Waals surface area contributed by atoms with E-state index in [1.54, 1.807) is 0 Å². The quantitative estimate of drug-likeness (QED) is 0.181. The molecule has 0 heterocycles.